The van der Waals surface area contributed by atoms with Gasteiger partial charge in [-0.1, -0.05) is 19.1 Å². The number of aliphatic hydroxyl groups is 3. The number of phenols is 1. The van der Waals surface area contributed by atoms with Gasteiger partial charge < -0.3 is 36.2 Å². The number of nitrogens with zero attached hydrogens (tertiary/aromatic N) is 1. The van der Waals surface area contributed by atoms with E-state index in [1.165, 1.54) is 11.0 Å². The smallest absolute Gasteiger partial charge is 0.255 e. The first-order valence-corrected chi connectivity index (χ1v) is 14.3. The van der Waals surface area contributed by atoms with Crippen molar-refractivity contribution < 1.29 is 39.5 Å². The molecule has 1 unspecified atom stereocenters. The van der Waals surface area contributed by atoms with E-state index in [-0.39, 0.29) is 29.7 Å². The molecule has 228 valence electrons. The van der Waals surface area contributed by atoms with E-state index < -0.39 is 58.0 Å². The average molecular weight is 592 g/mol. The Morgan fingerprint density at radius 3 is 2.49 bits per heavy atom. The van der Waals surface area contributed by atoms with E-state index in [1.807, 2.05) is 18.2 Å². The van der Waals surface area contributed by atoms with Crippen LogP contribution in [0.1, 0.15) is 36.5 Å². The number of rotatable bonds is 8. The lowest BCUT2D eigenvalue weighted by molar-refractivity contribution is -0.153. The van der Waals surface area contributed by atoms with Crippen molar-refractivity contribution in [2.24, 2.45) is 17.6 Å². The molecule has 7 N–H and O–H groups in total. The molecule has 11 heteroatoms. The number of carbonyl (C=O) groups excluding carboxylic acids is 3. The van der Waals surface area contributed by atoms with Crippen LogP contribution in [0.5, 0.6) is 11.5 Å². The molecule has 4 atom stereocenters. The Hall–Kier alpha value is -4.19. The van der Waals surface area contributed by atoms with E-state index in [0.717, 1.165) is 24.1 Å². The van der Waals surface area contributed by atoms with Crippen molar-refractivity contribution in [3.05, 3.63) is 63.9 Å². The van der Waals surface area contributed by atoms with Gasteiger partial charge >= 0.3 is 0 Å². The zero-order chi connectivity index (χ0) is 31.4. The summed E-state index contributed by atoms with van der Waals surface area (Å²) in [6.45, 7) is 3.56. The van der Waals surface area contributed by atoms with Gasteiger partial charge in [-0.3, -0.25) is 19.3 Å². The quantitative estimate of drug-likeness (QED) is 0.196. The first-order chi connectivity index (χ1) is 20.4. The van der Waals surface area contributed by atoms with Crippen molar-refractivity contribution in [2.75, 3.05) is 27.7 Å². The molecule has 0 radical (unpaired) electrons. The number of benzene rings is 2. The molecule has 2 aromatic rings. The summed E-state index contributed by atoms with van der Waals surface area (Å²) >= 11 is 0. The highest BCUT2D eigenvalue weighted by molar-refractivity contribution is 6.24. The van der Waals surface area contributed by atoms with Crippen molar-refractivity contribution in [1.82, 2.24) is 10.2 Å². The molecule has 1 fully saturated rings. The Balaban J connectivity index is 1.69. The van der Waals surface area contributed by atoms with Crippen LogP contribution in [0.2, 0.25) is 0 Å². The number of amides is 1. The Kier molecular flexibility index (Phi) is 7.84. The van der Waals surface area contributed by atoms with Gasteiger partial charge in [0.2, 0.25) is 5.78 Å². The maximum absolute atomic E-state index is 14.1. The third-order valence-corrected chi connectivity index (χ3v) is 8.91. The Bertz CT molecular complexity index is 1590. The van der Waals surface area contributed by atoms with E-state index >= 15 is 0 Å². The highest BCUT2D eigenvalue weighted by atomic mass is 16.5. The highest BCUT2D eigenvalue weighted by Gasteiger charge is 2.64. The lowest BCUT2D eigenvalue weighted by Gasteiger charge is -2.50. The van der Waals surface area contributed by atoms with E-state index in [0.29, 0.717) is 23.4 Å². The van der Waals surface area contributed by atoms with Crippen molar-refractivity contribution in [1.29, 1.82) is 0 Å². The van der Waals surface area contributed by atoms with Gasteiger partial charge in [0.05, 0.1) is 18.7 Å². The minimum atomic E-state index is -2.68. The van der Waals surface area contributed by atoms with E-state index in [1.54, 1.807) is 27.3 Å². The number of likely N-dealkylation sites (N-methyl/N-ethyl adjacent to an activating group) is 1. The van der Waals surface area contributed by atoms with Crippen LogP contribution in [0.4, 0.5) is 0 Å². The number of fused-ring (bicyclic) bond motifs is 3. The van der Waals surface area contributed by atoms with Gasteiger partial charge in [-0.15, -0.1) is 0 Å². The minimum absolute atomic E-state index is 0.0129. The van der Waals surface area contributed by atoms with E-state index in [4.69, 9.17) is 10.5 Å². The number of ether oxygens (including phenoxy) is 1. The lowest BCUT2D eigenvalue weighted by atomic mass is 9.57. The van der Waals surface area contributed by atoms with Crippen molar-refractivity contribution in [2.45, 2.75) is 44.4 Å². The van der Waals surface area contributed by atoms with E-state index in [2.05, 4.69) is 12.2 Å². The molecule has 1 amide bonds. The van der Waals surface area contributed by atoms with Gasteiger partial charge in [-0.25, -0.2) is 0 Å². The fraction of sp³-hybridized carbons (Fsp3) is 0.406. The predicted octanol–water partition coefficient (Wildman–Crippen LogP) is 2.14. The summed E-state index contributed by atoms with van der Waals surface area (Å²) in [6, 6.07) is 7.79. The largest absolute Gasteiger partial charge is 0.508 e. The number of methoxy groups -OCH3 is 1. The van der Waals surface area contributed by atoms with Crippen LogP contribution in [0.15, 0.2) is 47.2 Å². The van der Waals surface area contributed by atoms with Gasteiger partial charge in [-0.05, 0) is 80.7 Å². The second-order valence-electron chi connectivity index (χ2n) is 11.7. The number of nitrogens with two attached hydrogens (primary N) is 1. The lowest BCUT2D eigenvalue weighted by Crippen LogP contribution is -2.65. The molecule has 0 spiro atoms. The summed E-state index contributed by atoms with van der Waals surface area (Å²) in [5.41, 5.74) is 4.70. The number of Topliss-reactive ketones (excluding diaryl/α,β-unsaturated/α-hetero) is 2. The molecular weight excluding hydrogens is 554 g/mol. The van der Waals surface area contributed by atoms with Gasteiger partial charge in [0.25, 0.3) is 5.91 Å². The van der Waals surface area contributed by atoms with Crippen molar-refractivity contribution in [3.8, 4) is 22.6 Å². The van der Waals surface area contributed by atoms with Crippen LogP contribution in [0.25, 0.3) is 16.9 Å². The van der Waals surface area contributed by atoms with Crippen molar-refractivity contribution >= 4 is 23.2 Å². The molecule has 0 aliphatic heterocycles. The van der Waals surface area contributed by atoms with Crippen LogP contribution in [-0.2, 0) is 27.3 Å². The average Bonchev–Trinajstić information content (AvgIpc) is 2.95. The molecule has 11 nitrogen and oxygen atoms in total. The first-order valence-electron chi connectivity index (χ1n) is 14.3. The number of ketones is 2. The molecule has 3 aliphatic rings. The van der Waals surface area contributed by atoms with E-state index in [9.17, 15) is 34.8 Å². The summed E-state index contributed by atoms with van der Waals surface area (Å²) in [5, 5.41) is 48.7. The molecule has 2 aromatic carbocycles. The maximum Gasteiger partial charge on any atom is 0.255 e. The molecule has 0 saturated heterocycles. The Labute approximate surface area is 249 Å². The molecule has 5 rings (SSSR count). The van der Waals surface area contributed by atoms with Crippen molar-refractivity contribution in [3.63, 3.8) is 0 Å². The SMILES string of the molecule is CCCNCc1ccc(OC)c(-c2ccc(O)c3c2C[C@H]2C[C@H]4C(N(C)C)C(=O)C(C(N)=O)=C(O)[C@@]4(O)C(=O)C2=C3O)c1. The molecule has 3 aliphatic carbocycles. The zero-order valence-electron chi connectivity index (χ0n) is 24.6. The minimum Gasteiger partial charge on any atom is -0.508 e. The second kappa shape index (κ2) is 11.1. The number of phenolic OH excluding ortho intramolecular Hbond substituents is 1. The van der Waals surface area contributed by atoms with Crippen LogP contribution < -0.4 is 15.8 Å². The molecule has 1 saturated carbocycles. The van der Waals surface area contributed by atoms with Gasteiger partial charge in [0, 0.05) is 23.6 Å². The van der Waals surface area contributed by atoms with Crippen LogP contribution in [0.3, 0.4) is 0 Å². The zero-order valence-corrected chi connectivity index (χ0v) is 24.6. The second-order valence-corrected chi connectivity index (χ2v) is 11.7. The first kappa shape index (κ1) is 30.3. The number of hydrogen-bond acceptors (Lipinski definition) is 10. The third-order valence-electron chi connectivity index (χ3n) is 8.91. The maximum atomic E-state index is 14.1. The fourth-order valence-electron chi connectivity index (χ4n) is 6.98. The summed E-state index contributed by atoms with van der Waals surface area (Å²) in [4.78, 5) is 41.1. The monoisotopic (exact) mass is 591 g/mol. The predicted molar refractivity (Wildman–Crippen MR) is 158 cm³/mol. The fourth-order valence-corrected chi connectivity index (χ4v) is 6.98. The van der Waals surface area contributed by atoms with Gasteiger partial charge in [0.1, 0.15) is 28.6 Å². The molecule has 43 heavy (non-hydrogen) atoms. The van der Waals surface area contributed by atoms with Gasteiger partial charge in [-0.2, -0.15) is 0 Å². The van der Waals surface area contributed by atoms with Gasteiger partial charge in [0.15, 0.2) is 11.4 Å². The third kappa shape index (κ3) is 4.59. The standard InChI is InChI=1S/C32H37N3O8/c1-5-10-34-14-15-6-9-22(43-4)18(11-15)17-7-8-21(36)24-19(17)12-16-13-20-26(35(2)3)28(38)25(31(33)41)30(40)32(20,42)29(39)23(16)27(24)37/h6-9,11,16,20,26,34,36-37,40,42H,5,10,12-14H2,1-4H3,(H2,33,41)/t16-,20-,26?,32-/m0/s1. The van der Waals surface area contributed by atoms with Crippen LogP contribution >= 0.6 is 0 Å². The highest BCUT2D eigenvalue weighted by Crippen LogP contribution is 2.54. The molecule has 0 aromatic heterocycles. The molecular formula is C32H37N3O8. The number of primary amides is 1. The summed E-state index contributed by atoms with van der Waals surface area (Å²) in [7, 11) is 4.69. The Morgan fingerprint density at radius 2 is 1.86 bits per heavy atom. The number of nitrogens with one attached hydrogen (secondary N) is 1. The number of aromatic hydroxyl groups is 1. The summed E-state index contributed by atoms with van der Waals surface area (Å²) in [5.74, 6) is -6.26. The number of aliphatic hydroxyl groups excluding tert-OH is 2. The Morgan fingerprint density at radius 1 is 1.14 bits per heavy atom. The molecule has 0 bridgehead atoms. The topological polar surface area (TPSA) is 183 Å². The van der Waals surface area contributed by atoms with Crippen LogP contribution in [0, 0.1) is 11.8 Å². The normalized spacial score (nSPS) is 25.0. The summed E-state index contributed by atoms with van der Waals surface area (Å²) in [6.07, 6.45) is 1.18. The molecule has 0 heterocycles. The van der Waals surface area contributed by atoms with Crippen LogP contribution in [-0.4, -0.2) is 82.2 Å². The summed E-state index contributed by atoms with van der Waals surface area (Å²) < 4.78 is 5.67. The number of hydrogen-bond donors (Lipinski definition) is 6. The number of carbonyl (C=O) groups is 3.